The molecule has 0 saturated carbocycles. The molecule has 0 radical (unpaired) electrons. The number of aliphatic hydroxyl groups excluding tert-OH is 6. The van der Waals surface area contributed by atoms with Gasteiger partial charge in [0, 0.05) is 0 Å². The first-order valence-electron chi connectivity index (χ1n) is 9.55. The summed E-state index contributed by atoms with van der Waals surface area (Å²) in [6.45, 7) is 2.29. The average molecular weight is 500 g/mol. The van der Waals surface area contributed by atoms with Gasteiger partial charge in [-0.1, -0.05) is 13.8 Å². The van der Waals surface area contributed by atoms with Crippen LogP contribution in [0.25, 0.3) is 0 Å². The molecule has 2 aliphatic heterocycles. The minimum Gasteiger partial charge on any atom is -0.726 e. The number of rotatable bonds is 9. The predicted octanol–water partition coefficient (Wildman–Crippen LogP) is -7.23. The second kappa shape index (κ2) is 13.0. The van der Waals surface area contributed by atoms with Gasteiger partial charge in [-0.3, -0.25) is 4.18 Å². The molecule has 14 nitrogen and oxygen atoms in total. The van der Waals surface area contributed by atoms with Gasteiger partial charge in [0.2, 0.25) is 10.4 Å². The van der Waals surface area contributed by atoms with Crippen LogP contribution in [0.4, 0.5) is 0 Å². The van der Waals surface area contributed by atoms with Crippen LogP contribution in [0.5, 0.6) is 0 Å². The fourth-order valence-electron chi connectivity index (χ4n) is 3.22. The van der Waals surface area contributed by atoms with Crippen LogP contribution >= 0.6 is 0 Å². The van der Waals surface area contributed by atoms with Gasteiger partial charge in [0.25, 0.3) is 0 Å². The van der Waals surface area contributed by atoms with Crippen LogP contribution < -0.4 is 29.6 Å². The van der Waals surface area contributed by atoms with Crippen LogP contribution in [0, 0.1) is 5.92 Å². The minimum atomic E-state index is -5.37. The van der Waals surface area contributed by atoms with E-state index >= 15 is 0 Å². The van der Waals surface area contributed by atoms with E-state index in [1.54, 1.807) is 0 Å². The van der Waals surface area contributed by atoms with Crippen LogP contribution in [-0.2, 0) is 33.5 Å². The van der Waals surface area contributed by atoms with E-state index in [9.17, 15) is 43.6 Å². The van der Waals surface area contributed by atoms with E-state index in [0.29, 0.717) is 0 Å². The molecular weight excluding hydrogens is 471 g/mol. The van der Waals surface area contributed by atoms with Gasteiger partial charge in [-0.25, -0.2) is 8.42 Å². The molecule has 2 heterocycles. The largest absolute Gasteiger partial charge is 1.00 e. The van der Waals surface area contributed by atoms with Gasteiger partial charge in [-0.2, -0.15) is 0 Å². The number of hydrogen-bond donors (Lipinski definition) is 6. The Bertz CT molecular complexity index is 663. The summed E-state index contributed by atoms with van der Waals surface area (Å²) in [6, 6.07) is 0. The number of aliphatic hydroxyl groups is 6. The Labute approximate surface area is 207 Å². The summed E-state index contributed by atoms with van der Waals surface area (Å²) in [6.07, 6.45) is -16.8. The molecule has 0 bridgehead atoms. The van der Waals surface area contributed by atoms with Gasteiger partial charge < -0.3 is 54.1 Å². The first-order chi connectivity index (χ1) is 14.4. The SMILES string of the molecule is CC(C)CO[C@@H]1O[C@H](CO)[C@@H](O[C@@H]2O[C@H](CO)[C@H](O)[C@H](OS(=O)(=O)[O-])[C@H]2O)[C@H](O)[C@H]1O.[Na+]. The van der Waals surface area contributed by atoms with Crippen LogP contribution in [0.2, 0.25) is 0 Å². The first kappa shape index (κ1) is 30.5. The van der Waals surface area contributed by atoms with Gasteiger partial charge >= 0.3 is 29.6 Å². The van der Waals surface area contributed by atoms with Crippen molar-refractivity contribution in [3.8, 4) is 0 Å². The summed E-state index contributed by atoms with van der Waals surface area (Å²) in [7, 11) is -5.37. The van der Waals surface area contributed by atoms with E-state index < -0.39 is 85.0 Å². The fourth-order valence-corrected chi connectivity index (χ4v) is 3.72. The summed E-state index contributed by atoms with van der Waals surface area (Å²) >= 11 is 0. The summed E-state index contributed by atoms with van der Waals surface area (Å²) in [4.78, 5) is 0. The average Bonchev–Trinajstić information content (AvgIpc) is 2.69. The Morgan fingerprint density at radius 2 is 1.44 bits per heavy atom. The number of hydrogen-bond acceptors (Lipinski definition) is 14. The Hall–Kier alpha value is 0.470. The summed E-state index contributed by atoms with van der Waals surface area (Å²) < 4.78 is 58.4. The Kier molecular flexibility index (Phi) is 12.4. The molecule has 6 N–H and O–H groups in total. The molecule has 0 aromatic rings. The van der Waals surface area contributed by atoms with Crippen molar-refractivity contribution in [1.29, 1.82) is 0 Å². The van der Waals surface area contributed by atoms with Crippen molar-refractivity contribution >= 4 is 10.4 Å². The van der Waals surface area contributed by atoms with Crippen LogP contribution in [-0.4, -0.2) is 125 Å². The molecule has 10 atom stereocenters. The van der Waals surface area contributed by atoms with Crippen molar-refractivity contribution in [3.63, 3.8) is 0 Å². The van der Waals surface area contributed by atoms with Crippen molar-refractivity contribution in [2.75, 3.05) is 19.8 Å². The van der Waals surface area contributed by atoms with E-state index in [1.165, 1.54) is 0 Å². The molecule has 2 fully saturated rings. The molecule has 2 saturated heterocycles. The summed E-state index contributed by atoms with van der Waals surface area (Å²) in [5.74, 6) is 0.0800. The normalized spacial score (nSPS) is 40.8. The second-order valence-corrected chi connectivity index (χ2v) is 8.72. The van der Waals surface area contributed by atoms with E-state index in [-0.39, 0.29) is 42.1 Å². The second-order valence-electron chi connectivity index (χ2n) is 7.71. The molecule has 32 heavy (non-hydrogen) atoms. The minimum absolute atomic E-state index is 0. The molecule has 0 aromatic carbocycles. The molecule has 0 aromatic heterocycles. The zero-order chi connectivity index (χ0) is 23.5. The standard InChI is InChI=1S/C16H30O14S.Na/c1-6(2)5-26-15-11(21)10(20)13(8(4-18)28-15)29-16-12(22)14(30-31(23,24)25)9(19)7(3-17)27-16;/h6-22H,3-5H2,1-2H3,(H,23,24,25);/q;+1/p-1/t7-,8-,9+,10-,11-,12-,13-,14+,15-,16+;/m1./s1. The molecule has 184 valence electrons. The van der Waals surface area contributed by atoms with Crippen LogP contribution in [0.3, 0.4) is 0 Å². The van der Waals surface area contributed by atoms with Crippen molar-refractivity contribution < 1.29 is 96.3 Å². The maximum absolute atomic E-state index is 10.9. The number of ether oxygens (including phenoxy) is 4. The van der Waals surface area contributed by atoms with E-state index in [4.69, 9.17) is 18.9 Å². The third-order valence-corrected chi connectivity index (χ3v) is 5.21. The van der Waals surface area contributed by atoms with E-state index in [2.05, 4.69) is 4.18 Å². The van der Waals surface area contributed by atoms with Gasteiger partial charge in [0.05, 0.1) is 19.8 Å². The Morgan fingerprint density at radius 1 is 0.875 bits per heavy atom. The van der Waals surface area contributed by atoms with Crippen molar-refractivity contribution in [3.05, 3.63) is 0 Å². The maximum atomic E-state index is 10.9. The van der Waals surface area contributed by atoms with Crippen LogP contribution in [0.1, 0.15) is 13.8 Å². The van der Waals surface area contributed by atoms with Gasteiger partial charge in [0.1, 0.15) is 48.8 Å². The van der Waals surface area contributed by atoms with E-state index in [1.807, 2.05) is 13.8 Å². The quantitative estimate of drug-likeness (QED) is 0.0983. The molecule has 2 rings (SSSR count). The third-order valence-electron chi connectivity index (χ3n) is 4.76. The molecule has 0 unspecified atom stereocenters. The fraction of sp³-hybridized carbons (Fsp3) is 1.00. The molecule has 0 amide bonds. The zero-order valence-electron chi connectivity index (χ0n) is 17.8. The Morgan fingerprint density at radius 3 is 1.94 bits per heavy atom. The van der Waals surface area contributed by atoms with Crippen molar-refractivity contribution in [2.24, 2.45) is 5.92 Å². The summed E-state index contributed by atoms with van der Waals surface area (Å²) in [5, 5.41) is 60.0. The Balaban J connectivity index is 0.00000512. The maximum Gasteiger partial charge on any atom is 1.00 e. The topological polar surface area (TPSA) is 225 Å². The smallest absolute Gasteiger partial charge is 0.726 e. The molecule has 16 heteroatoms. The zero-order valence-corrected chi connectivity index (χ0v) is 20.6. The van der Waals surface area contributed by atoms with E-state index in [0.717, 1.165) is 0 Å². The monoisotopic (exact) mass is 500 g/mol. The molecule has 2 aliphatic rings. The first-order valence-corrected chi connectivity index (χ1v) is 10.9. The molecule has 0 aliphatic carbocycles. The van der Waals surface area contributed by atoms with Crippen molar-refractivity contribution in [1.82, 2.24) is 0 Å². The summed E-state index contributed by atoms with van der Waals surface area (Å²) in [5.41, 5.74) is 0. The van der Waals surface area contributed by atoms with Crippen LogP contribution in [0.15, 0.2) is 0 Å². The predicted molar refractivity (Wildman–Crippen MR) is 95.8 cm³/mol. The van der Waals surface area contributed by atoms with Crippen molar-refractivity contribution in [2.45, 2.75) is 75.3 Å². The van der Waals surface area contributed by atoms with Gasteiger partial charge in [-0.05, 0) is 5.92 Å². The van der Waals surface area contributed by atoms with Gasteiger partial charge in [-0.15, -0.1) is 0 Å². The molecule has 0 spiro atoms. The molecular formula is C16H29NaO14S. The van der Waals surface area contributed by atoms with Gasteiger partial charge in [0.15, 0.2) is 12.6 Å². The third kappa shape index (κ3) is 7.74.